The van der Waals surface area contributed by atoms with E-state index in [1.165, 1.54) is 11.4 Å². The molecule has 0 aromatic heterocycles. The highest BCUT2D eigenvalue weighted by atomic mass is 32.2. The van der Waals surface area contributed by atoms with Crippen molar-refractivity contribution >= 4 is 11.8 Å². The summed E-state index contributed by atoms with van der Waals surface area (Å²) in [5.41, 5.74) is 0. The Balaban J connectivity index is 1.97. The second-order valence-corrected chi connectivity index (χ2v) is 6.04. The molecule has 0 unspecified atom stereocenters. The van der Waals surface area contributed by atoms with Crippen LogP contribution in [0.15, 0.2) is 11.1 Å². The molecule has 2 aliphatic heterocycles. The zero-order valence-corrected chi connectivity index (χ0v) is 10.1. The fourth-order valence-electron chi connectivity index (χ4n) is 2.28. The van der Waals surface area contributed by atoms with Crippen LogP contribution in [0.4, 0.5) is 0 Å². The van der Waals surface area contributed by atoms with Crippen molar-refractivity contribution in [2.24, 2.45) is 0 Å². The van der Waals surface area contributed by atoms with E-state index in [9.17, 15) is 0 Å². The molecule has 0 radical (unpaired) electrons. The maximum atomic E-state index is 3.57. The molecule has 0 saturated carbocycles. The van der Waals surface area contributed by atoms with Gasteiger partial charge in [-0.05, 0) is 20.3 Å². The molecule has 0 spiro atoms. The minimum atomic E-state index is 0.621. The summed E-state index contributed by atoms with van der Waals surface area (Å²) in [5.74, 6) is 0. The highest BCUT2D eigenvalue weighted by Gasteiger charge is 2.25. The van der Waals surface area contributed by atoms with Crippen LogP contribution in [-0.2, 0) is 0 Å². The molecule has 1 fully saturated rings. The van der Waals surface area contributed by atoms with E-state index in [-0.39, 0.29) is 0 Å². The zero-order chi connectivity index (χ0) is 10.1. The van der Waals surface area contributed by atoms with Crippen molar-refractivity contribution in [2.45, 2.75) is 44.5 Å². The van der Waals surface area contributed by atoms with Gasteiger partial charge in [0.1, 0.15) is 0 Å². The Morgan fingerprint density at radius 3 is 2.43 bits per heavy atom. The average Bonchev–Trinajstić information content (AvgIpc) is 2.50. The third-order valence-corrected chi connectivity index (χ3v) is 4.08. The summed E-state index contributed by atoms with van der Waals surface area (Å²) >= 11 is 2.04. The second kappa shape index (κ2) is 4.15. The highest BCUT2D eigenvalue weighted by molar-refractivity contribution is 8.03. The Hall–Kier alpha value is -0.150. The lowest BCUT2D eigenvalue weighted by Crippen LogP contribution is -2.53. The van der Waals surface area contributed by atoms with Crippen LogP contribution in [0.2, 0.25) is 0 Å². The first-order valence-electron chi connectivity index (χ1n) is 5.53. The van der Waals surface area contributed by atoms with Crippen LogP contribution in [-0.4, -0.2) is 35.3 Å². The molecule has 2 heterocycles. The van der Waals surface area contributed by atoms with E-state index in [4.69, 9.17) is 0 Å². The number of thioether (sulfide) groups is 1. The second-order valence-electron chi connectivity index (χ2n) is 4.58. The number of piperazine rings is 1. The number of nitrogens with zero attached hydrogens (tertiary/aromatic N) is 1. The van der Waals surface area contributed by atoms with E-state index in [2.05, 4.69) is 37.1 Å². The molecule has 3 heteroatoms. The lowest BCUT2D eigenvalue weighted by atomic mass is 10.1. The van der Waals surface area contributed by atoms with Gasteiger partial charge < -0.3 is 10.2 Å². The van der Waals surface area contributed by atoms with Gasteiger partial charge in [0.2, 0.25) is 0 Å². The van der Waals surface area contributed by atoms with Crippen molar-refractivity contribution in [3.8, 4) is 0 Å². The largest absolute Gasteiger partial charge is 0.364 e. The molecule has 14 heavy (non-hydrogen) atoms. The number of hydrogen-bond acceptors (Lipinski definition) is 3. The van der Waals surface area contributed by atoms with Gasteiger partial charge in [-0.3, -0.25) is 0 Å². The Bertz CT molecular complexity index is 229. The summed E-state index contributed by atoms with van der Waals surface area (Å²) < 4.78 is 0. The topological polar surface area (TPSA) is 15.3 Å². The van der Waals surface area contributed by atoms with Crippen LogP contribution in [0.3, 0.4) is 0 Å². The molecule has 2 nitrogen and oxygen atoms in total. The first-order chi connectivity index (χ1) is 6.65. The first-order valence-corrected chi connectivity index (χ1v) is 6.41. The van der Waals surface area contributed by atoms with Gasteiger partial charge in [-0.2, -0.15) is 0 Å². The maximum Gasteiger partial charge on any atom is 0.0671 e. The van der Waals surface area contributed by atoms with Gasteiger partial charge in [0, 0.05) is 30.4 Å². The molecule has 2 rings (SSSR count). The first kappa shape index (κ1) is 10.4. The molecule has 0 aromatic carbocycles. The van der Waals surface area contributed by atoms with Crippen molar-refractivity contribution in [2.75, 3.05) is 13.1 Å². The van der Waals surface area contributed by atoms with Crippen molar-refractivity contribution in [1.29, 1.82) is 0 Å². The Labute approximate surface area is 91.1 Å². The molecule has 1 saturated heterocycles. The lowest BCUT2D eigenvalue weighted by Gasteiger charge is -2.38. The van der Waals surface area contributed by atoms with Crippen LogP contribution in [0.5, 0.6) is 0 Å². The summed E-state index contributed by atoms with van der Waals surface area (Å²) in [5, 5.41) is 5.86. The third-order valence-electron chi connectivity index (χ3n) is 2.82. The number of nitrogens with one attached hydrogen (secondary N) is 1. The molecular formula is C11H20N2S. The van der Waals surface area contributed by atoms with Gasteiger partial charge in [0.15, 0.2) is 0 Å². The third kappa shape index (κ3) is 2.26. The molecule has 80 valence electrons. The molecule has 1 N–H and O–H groups in total. The monoisotopic (exact) mass is 212 g/mol. The summed E-state index contributed by atoms with van der Waals surface area (Å²) in [6.07, 6.45) is 3.65. The molecule has 3 atom stereocenters. The predicted molar refractivity (Wildman–Crippen MR) is 63.4 cm³/mol. The van der Waals surface area contributed by atoms with Gasteiger partial charge in [-0.15, -0.1) is 11.8 Å². The normalized spacial score (nSPS) is 38.6. The van der Waals surface area contributed by atoms with Gasteiger partial charge in [0.25, 0.3) is 0 Å². The Morgan fingerprint density at radius 2 is 1.93 bits per heavy atom. The molecule has 2 aliphatic rings. The van der Waals surface area contributed by atoms with Crippen LogP contribution >= 0.6 is 11.8 Å². The summed E-state index contributed by atoms with van der Waals surface area (Å²) in [6, 6.07) is 1.24. The summed E-state index contributed by atoms with van der Waals surface area (Å²) in [7, 11) is 0. The van der Waals surface area contributed by atoms with Crippen LogP contribution in [0.25, 0.3) is 0 Å². The Kier molecular flexibility index (Phi) is 3.07. The lowest BCUT2D eigenvalue weighted by molar-refractivity contribution is 0.227. The van der Waals surface area contributed by atoms with Crippen LogP contribution in [0, 0.1) is 0 Å². The fourth-order valence-corrected chi connectivity index (χ4v) is 3.37. The number of rotatable bonds is 1. The SMILES string of the molecule is C[C@@H]1CN(C2=CC[C@@H](C)S2)C[C@H](C)N1. The molecule has 0 bridgehead atoms. The van der Waals surface area contributed by atoms with E-state index in [0.29, 0.717) is 12.1 Å². The molecule has 0 aromatic rings. The van der Waals surface area contributed by atoms with E-state index >= 15 is 0 Å². The van der Waals surface area contributed by atoms with Crippen molar-refractivity contribution < 1.29 is 0 Å². The predicted octanol–water partition coefficient (Wildman–Crippen LogP) is 2.04. The summed E-state index contributed by atoms with van der Waals surface area (Å²) in [6.45, 7) is 9.17. The van der Waals surface area contributed by atoms with Gasteiger partial charge in [-0.25, -0.2) is 0 Å². The van der Waals surface area contributed by atoms with Crippen LogP contribution in [0.1, 0.15) is 27.2 Å². The van der Waals surface area contributed by atoms with Crippen molar-refractivity contribution in [3.05, 3.63) is 11.1 Å². The fraction of sp³-hybridized carbons (Fsp3) is 0.818. The highest BCUT2D eigenvalue weighted by Crippen LogP contribution is 2.34. The van der Waals surface area contributed by atoms with Crippen molar-refractivity contribution in [3.63, 3.8) is 0 Å². The zero-order valence-electron chi connectivity index (χ0n) is 9.29. The van der Waals surface area contributed by atoms with E-state index in [1.807, 2.05) is 11.8 Å². The number of allylic oxidation sites excluding steroid dienone is 1. The van der Waals surface area contributed by atoms with Gasteiger partial charge >= 0.3 is 0 Å². The Morgan fingerprint density at radius 1 is 1.29 bits per heavy atom. The molecule has 0 aliphatic carbocycles. The average molecular weight is 212 g/mol. The van der Waals surface area contributed by atoms with Gasteiger partial charge in [0.05, 0.1) is 5.03 Å². The molecule has 0 amide bonds. The number of hydrogen-bond donors (Lipinski definition) is 1. The minimum Gasteiger partial charge on any atom is -0.364 e. The van der Waals surface area contributed by atoms with E-state index < -0.39 is 0 Å². The van der Waals surface area contributed by atoms with Gasteiger partial charge in [-0.1, -0.05) is 13.0 Å². The van der Waals surface area contributed by atoms with Crippen molar-refractivity contribution in [1.82, 2.24) is 10.2 Å². The van der Waals surface area contributed by atoms with E-state index in [0.717, 1.165) is 18.3 Å². The van der Waals surface area contributed by atoms with E-state index in [1.54, 1.807) is 0 Å². The standard InChI is InChI=1S/C11H20N2S/c1-8-6-13(7-9(2)12-8)11-5-4-10(3)14-11/h5,8-10,12H,4,6-7H2,1-3H3/t8-,9+,10-/m1/s1. The van der Waals surface area contributed by atoms with Crippen LogP contribution < -0.4 is 5.32 Å². The molecular weight excluding hydrogens is 192 g/mol. The maximum absolute atomic E-state index is 3.57. The smallest absolute Gasteiger partial charge is 0.0671 e. The minimum absolute atomic E-state index is 0.621. The quantitative estimate of drug-likeness (QED) is 0.716. The summed E-state index contributed by atoms with van der Waals surface area (Å²) in [4.78, 5) is 2.54.